The van der Waals surface area contributed by atoms with E-state index in [2.05, 4.69) is 15.3 Å². The van der Waals surface area contributed by atoms with E-state index in [1.807, 2.05) is 30.3 Å². The SMILES string of the molecule is COCCCOC(Nc1ncnc2cc(Cl)c([N+](=O)[O-])cc12)c1ccccc1. The van der Waals surface area contributed by atoms with Crippen LogP contribution in [0.2, 0.25) is 5.02 Å². The predicted octanol–water partition coefficient (Wildman–Crippen LogP) is 4.36. The third-order valence-corrected chi connectivity index (χ3v) is 4.35. The number of nitrogens with zero attached hydrogens (tertiary/aromatic N) is 3. The minimum atomic E-state index is -0.533. The molecule has 0 radical (unpaired) electrons. The molecule has 0 aliphatic carbocycles. The van der Waals surface area contributed by atoms with Crippen molar-refractivity contribution < 1.29 is 14.4 Å². The lowest BCUT2D eigenvalue weighted by Crippen LogP contribution is -2.17. The summed E-state index contributed by atoms with van der Waals surface area (Å²) in [6, 6.07) is 12.4. The number of aromatic nitrogens is 2. The third-order valence-electron chi connectivity index (χ3n) is 4.05. The van der Waals surface area contributed by atoms with E-state index in [0.29, 0.717) is 29.9 Å². The highest BCUT2D eigenvalue weighted by Crippen LogP contribution is 2.32. The number of rotatable bonds is 9. The van der Waals surface area contributed by atoms with Crippen LogP contribution in [-0.2, 0) is 9.47 Å². The summed E-state index contributed by atoms with van der Waals surface area (Å²) >= 11 is 5.99. The van der Waals surface area contributed by atoms with Gasteiger partial charge in [-0.3, -0.25) is 10.1 Å². The van der Waals surface area contributed by atoms with E-state index < -0.39 is 11.2 Å². The fraction of sp³-hybridized carbons (Fsp3) is 0.263. The molecular formula is C19H19ClN4O4. The molecule has 146 valence electrons. The number of hydrogen-bond acceptors (Lipinski definition) is 7. The van der Waals surface area contributed by atoms with Gasteiger partial charge in [-0.05, 0) is 12.5 Å². The van der Waals surface area contributed by atoms with Crippen molar-refractivity contribution in [3.8, 4) is 0 Å². The topological polar surface area (TPSA) is 99.4 Å². The summed E-state index contributed by atoms with van der Waals surface area (Å²) in [5, 5.41) is 15.0. The molecule has 0 amide bonds. The second-order valence-corrected chi connectivity index (χ2v) is 6.36. The predicted molar refractivity (Wildman–Crippen MR) is 106 cm³/mol. The number of hydrogen-bond donors (Lipinski definition) is 1. The zero-order valence-electron chi connectivity index (χ0n) is 15.2. The molecule has 0 spiro atoms. The molecule has 1 unspecified atom stereocenters. The largest absolute Gasteiger partial charge is 0.385 e. The Labute approximate surface area is 166 Å². The molecule has 0 saturated heterocycles. The van der Waals surface area contributed by atoms with E-state index in [4.69, 9.17) is 21.1 Å². The van der Waals surface area contributed by atoms with Crippen LogP contribution in [0.4, 0.5) is 11.5 Å². The van der Waals surface area contributed by atoms with Gasteiger partial charge in [0, 0.05) is 30.7 Å². The highest BCUT2D eigenvalue weighted by molar-refractivity contribution is 6.33. The van der Waals surface area contributed by atoms with E-state index in [9.17, 15) is 10.1 Å². The van der Waals surface area contributed by atoms with Crippen molar-refractivity contribution in [3.05, 3.63) is 69.5 Å². The number of halogens is 1. The fourth-order valence-corrected chi connectivity index (χ4v) is 2.93. The molecule has 1 atom stereocenters. The van der Waals surface area contributed by atoms with Gasteiger partial charge in [-0.15, -0.1) is 0 Å². The molecule has 0 bridgehead atoms. The van der Waals surface area contributed by atoms with Gasteiger partial charge in [0.2, 0.25) is 0 Å². The van der Waals surface area contributed by atoms with E-state index in [-0.39, 0.29) is 10.7 Å². The lowest BCUT2D eigenvalue weighted by atomic mass is 10.1. The first-order valence-electron chi connectivity index (χ1n) is 8.61. The summed E-state index contributed by atoms with van der Waals surface area (Å²) < 4.78 is 11.0. The number of nitro groups is 1. The van der Waals surface area contributed by atoms with Gasteiger partial charge in [-0.25, -0.2) is 9.97 Å². The summed E-state index contributed by atoms with van der Waals surface area (Å²) in [5.74, 6) is 0.422. The first-order chi connectivity index (χ1) is 13.6. The Morgan fingerprint density at radius 1 is 1.21 bits per heavy atom. The molecule has 1 heterocycles. The minimum absolute atomic E-state index is 0.0255. The van der Waals surface area contributed by atoms with Crippen LogP contribution in [0.5, 0.6) is 0 Å². The first kappa shape index (κ1) is 19.9. The summed E-state index contributed by atoms with van der Waals surface area (Å²) in [6.45, 7) is 1.05. The van der Waals surface area contributed by atoms with Crippen molar-refractivity contribution in [1.82, 2.24) is 9.97 Å². The highest BCUT2D eigenvalue weighted by atomic mass is 35.5. The average Bonchev–Trinajstić information content (AvgIpc) is 2.70. The van der Waals surface area contributed by atoms with E-state index >= 15 is 0 Å². The molecule has 0 aliphatic rings. The molecule has 1 aromatic heterocycles. The van der Waals surface area contributed by atoms with Crippen LogP contribution in [0, 0.1) is 10.1 Å². The standard InChI is InChI=1S/C19H19ClN4O4/c1-27-8-5-9-28-19(13-6-3-2-4-7-13)23-18-14-10-17(24(25)26)15(20)11-16(14)21-12-22-18/h2-4,6-7,10-12,19H,5,8-9H2,1H3,(H,21,22,23). The van der Waals surface area contributed by atoms with Crippen molar-refractivity contribution in [2.75, 3.05) is 25.6 Å². The summed E-state index contributed by atoms with van der Waals surface area (Å²) in [5.41, 5.74) is 1.19. The molecule has 0 saturated carbocycles. The van der Waals surface area contributed by atoms with Crippen molar-refractivity contribution in [1.29, 1.82) is 0 Å². The molecule has 28 heavy (non-hydrogen) atoms. The van der Waals surface area contributed by atoms with Gasteiger partial charge in [0.25, 0.3) is 5.69 Å². The molecule has 3 aromatic rings. The van der Waals surface area contributed by atoms with Gasteiger partial charge in [0.1, 0.15) is 17.2 Å². The maximum absolute atomic E-state index is 11.2. The molecule has 9 heteroatoms. The minimum Gasteiger partial charge on any atom is -0.385 e. The highest BCUT2D eigenvalue weighted by Gasteiger charge is 2.19. The van der Waals surface area contributed by atoms with Gasteiger partial charge < -0.3 is 14.8 Å². The van der Waals surface area contributed by atoms with Crippen LogP contribution in [-0.4, -0.2) is 35.2 Å². The normalized spacial score (nSPS) is 12.1. The maximum atomic E-state index is 11.2. The van der Waals surface area contributed by atoms with Crippen molar-refractivity contribution in [2.24, 2.45) is 0 Å². The number of nitro benzene ring substituents is 1. The number of benzene rings is 2. The summed E-state index contributed by atoms with van der Waals surface area (Å²) in [6.07, 6.45) is 1.61. The van der Waals surface area contributed by atoms with Gasteiger partial charge in [-0.1, -0.05) is 41.9 Å². The maximum Gasteiger partial charge on any atom is 0.288 e. The van der Waals surface area contributed by atoms with Crippen LogP contribution in [0.15, 0.2) is 48.8 Å². The van der Waals surface area contributed by atoms with Crippen LogP contribution < -0.4 is 5.32 Å². The van der Waals surface area contributed by atoms with Gasteiger partial charge in [0.15, 0.2) is 6.23 Å². The van der Waals surface area contributed by atoms with Crippen molar-refractivity contribution >= 4 is 34.0 Å². The van der Waals surface area contributed by atoms with E-state index in [1.54, 1.807) is 7.11 Å². The Morgan fingerprint density at radius 3 is 2.71 bits per heavy atom. The Morgan fingerprint density at radius 2 is 2.00 bits per heavy atom. The quantitative estimate of drug-likeness (QED) is 0.246. The zero-order valence-corrected chi connectivity index (χ0v) is 15.9. The molecular weight excluding hydrogens is 384 g/mol. The molecule has 0 fully saturated rings. The van der Waals surface area contributed by atoms with Crippen LogP contribution in [0.1, 0.15) is 18.2 Å². The smallest absolute Gasteiger partial charge is 0.288 e. The number of methoxy groups -OCH3 is 1. The number of ether oxygens (including phenoxy) is 2. The van der Waals surface area contributed by atoms with Crippen molar-refractivity contribution in [2.45, 2.75) is 12.6 Å². The van der Waals surface area contributed by atoms with E-state index in [0.717, 1.165) is 12.0 Å². The molecule has 0 aliphatic heterocycles. The number of nitrogens with one attached hydrogen (secondary N) is 1. The summed E-state index contributed by atoms with van der Waals surface area (Å²) in [7, 11) is 1.64. The zero-order chi connectivity index (χ0) is 19.9. The Kier molecular flexibility index (Phi) is 6.70. The Hall–Kier alpha value is -2.81. The molecule has 1 N–H and O–H groups in total. The third kappa shape index (κ3) is 4.72. The number of fused-ring (bicyclic) bond motifs is 1. The molecule has 8 nitrogen and oxygen atoms in total. The van der Waals surface area contributed by atoms with Crippen LogP contribution in [0.3, 0.4) is 0 Å². The average molecular weight is 403 g/mol. The van der Waals surface area contributed by atoms with Crippen molar-refractivity contribution in [3.63, 3.8) is 0 Å². The molecule has 3 rings (SSSR count). The first-order valence-corrected chi connectivity index (χ1v) is 8.98. The Bertz CT molecular complexity index is 955. The monoisotopic (exact) mass is 402 g/mol. The van der Waals surface area contributed by atoms with Gasteiger partial charge in [0.05, 0.1) is 17.0 Å². The van der Waals surface area contributed by atoms with Crippen LogP contribution in [0.25, 0.3) is 10.9 Å². The van der Waals surface area contributed by atoms with Gasteiger partial charge >= 0.3 is 0 Å². The second kappa shape index (κ2) is 9.41. The summed E-state index contributed by atoms with van der Waals surface area (Å²) in [4.78, 5) is 19.1. The van der Waals surface area contributed by atoms with Crippen LogP contribution >= 0.6 is 11.6 Å². The van der Waals surface area contributed by atoms with Gasteiger partial charge in [-0.2, -0.15) is 0 Å². The number of anilines is 1. The lowest BCUT2D eigenvalue weighted by molar-refractivity contribution is -0.384. The fourth-order valence-electron chi connectivity index (χ4n) is 2.70. The molecule has 2 aromatic carbocycles. The lowest BCUT2D eigenvalue weighted by Gasteiger charge is -2.21. The van der Waals surface area contributed by atoms with E-state index in [1.165, 1.54) is 18.5 Å². The second-order valence-electron chi connectivity index (χ2n) is 5.95. The Balaban J connectivity index is 1.94.